The molecule has 5 nitrogen and oxygen atoms in total. The lowest BCUT2D eigenvalue weighted by atomic mass is 10.0. The maximum atomic E-state index is 7.38. The van der Waals surface area contributed by atoms with Crippen molar-refractivity contribution in [2.24, 2.45) is 15.9 Å². The standard InChI is InChI=1S/C17H25N5/c1-8-15(11(2)3)22-10-21-16(17(22)19-7)13(5)14(6)20-9-12(4)18/h9-11,15,18H,5-8H2,1-4H3. The predicted molar refractivity (Wildman–Crippen MR) is 95.7 cm³/mol. The van der Waals surface area contributed by atoms with E-state index in [0.717, 1.165) is 6.42 Å². The second-order valence-corrected chi connectivity index (χ2v) is 5.57. The van der Waals surface area contributed by atoms with Crippen molar-refractivity contribution in [3.63, 3.8) is 0 Å². The summed E-state index contributed by atoms with van der Waals surface area (Å²) in [5.74, 6) is 1.15. The lowest BCUT2D eigenvalue weighted by Gasteiger charge is -2.22. The van der Waals surface area contributed by atoms with Gasteiger partial charge >= 0.3 is 0 Å². The van der Waals surface area contributed by atoms with Gasteiger partial charge in [-0.2, -0.15) is 0 Å². The number of nitrogens with zero attached hydrogens (tertiary/aromatic N) is 4. The fraction of sp³-hybridized carbons (Fsp3) is 0.412. The summed E-state index contributed by atoms with van der Waals surface area (Å²) in [6, 6.07) is 0.301. The molecule has 22 heavy (non-hydrogen) atoms. The fourth-order valence-corrected chi connectivity index (χ4v) is 2.35. The third kappa shape index (κ3) is 3.87. The van der Waals surface area contributed by atoms with Crippen molar-refractivity contribution in [1.29, 1.82) is 5.41 Å². The predicted octanol–water partition coefficient (Wildman–Crippen LogP) is 4.46. The Hall–Kier alpha value is -2.30. The summed E-state index contributed by atoms with van der Waals surface area (Å²) in [4.78, 5) is 12.7. The van der Waals surface area contributed by atoms with Crippen LogP contribution >= 0.6 is 0 Å². The van der Waals surface area contributed by atoms with Gasteiger partial charge in [0.15, 0.2) is 5.82 Å². The summed E-state index contributed by atoms with van der Waals surface area (Å²) in [5.41, 5.74) is 2.06. The van der Waals surface area contributed by atoms with Crippen LogP contribution in [0.5, 0.6) is 0 Å². The van der Waals surface area contributed by atoms with Gasteiger partial charge in [0, 0.05) is 23.5 Å². The van der Waals surface area contributed by atoms with E-state index in [0.29, 0.717) is 40.5 Å². The highest BCUT2D eigenvalue weighted by Gasteiger charge is 2.21. The lowest BCUT2D eigenvalue weighted by molar-refractivity contribution is 0.368. The molecule has 1 heterocycles. The number of aromatic nitrogens is 2. The summed E-state index contributed by atoms with van der Waals surface area (Å²) in [7, 11) is 0. The van der Waals surface area contributed by atoms with E-state index in [1.807, 2.05) is 4.57 Å². The largest absolute Gasteiger partial charge is 0.312 e. The highest BCUT2D eigenvalue weighted by Crippen LogP contribution is 2.33. The first-order valence-corrected chi connectivity index (χ1v) is 7.34. The van der Waals surface area contributed by atoms with Crippen molar-refractivity contribution in [3.8, 4) is 0 Å². The SMILES string of the molecule is C=Nc1c(C(=C)C(=C)N=CC(C)=N)ncn1C(CC)C(C)C. The third-order valence-electron chi connectivity index (χ3n) is 3.51. The fourth-order valence-electron chi connectivity index (χ4n) is 2.35. The first kappa shape index (κ1) is 17.8. The summed E-state index contributed by atoms with van der Waals surface area (Å²) >= 11 is 0. The van der Waals surface area contributed by atoms with Crippen molar-refractivity contribution in [2.75, 3.05) is 0 Å². The molecule has 0 aliphatic rings. The minimum absolute atomic E-state index is 0.301. The topological polar surface area (TPSA) is 66.4 Å². The summed E-state index contributed by atoms with van der Waals surface area (Å²) < 4.78 is 2.04. The Labute approximate surface area is 132 Å². The summed E-state index contributed by atoms with van der Waals surface area (Å²) in [5, 5.41) is 7.38. The zero-order valence-electron chi connectivity index (χ0n) is 13.9. The van der Waals surface area contributed by atoms with E-state index in [1.54, 1.807) is 13.3 Å². The van der Waals surface area contributed by atoms with Crippen LogP contribution in [-0.2, 0) is 0 Å². The first-order valence-electron chi connectivity index (χ1n) is 7.34. The Morgan fingerprint density at radius 1 is 1.45 bits per heavy atom. The Balaban J connectivity index is 3.19. The summed E-state index contributed by atoms with van der Waals surface area (Å²) in [6.07, 6.45) is 4.20. The van der Waals surface area contributed by atoms with Gasteiger partial charge in [0.1, 0.15) is 5.69 Å². The maximum Gasteiger partial charge on any atom is 0.160 e. The normalized spacial score (nSPS) is 12.6. The highest BCUT2D eigenvalue weighted by molar-refractivity contribution is 6.28. The molecule has 118 valence electrons. The highest BCUT2D eigenvalue weighted by atomic mass is 15.2. The quantitative estimate of drug-likeness (QED) is 0.559. The molecule has 5 heteroatoms. The van der Waals surface area contributed by atoms with E-state index in [-0.39, 0.29) is 0 Å². The van der Waals surface area contributed by atoms with Gasteiger partial charge in [-0.3, -0.25) is 4.99 Å². The Morgan fingerprint density at radius 2 is 2.09 bits per heavy atom. The van der Waals surface area contributed by atoms with Crippen molar-refractivity contribution >= 4 is 30.0 Å². The molecule has 0 aromatic carbocycles. The van der Waals surface area contributed by atoms with Gasteiger partial charge in [-0.25, -0.2) is 9.98 Å². The molecule has 0 fully saturated rings. The zero-order valence-corrected chi connectivity index (χ0v) is 13.9. The molecule has 0 amide bonds. The van der Waals surface area contributed by atoms with Gasteiger partial charge in [0.2, 0.25) is 0 Å². The van der Waals surface area contributed by atoms with Crippen LogP contribution in [-0.4, -0.2) is 28.2 Å². The van der Waals surface area contributed by atoms with Crippen LogP contribution in [0, 0.1) is 11.3 Å². The van der Waals surface area contributed by atoms with E-state index in [9.17, 15) is 0 Å². The summed E-state index contributed by atoms with van der Waals surface area (Å²) in [6.45, 7) is 19.7. The molecule has 0 saturated carbocycles. The molecule has 0 bridgehead atoms. The van der Waals surface area contributed by atoms with Crippen LogP contribution in [0.3, 0.4) is 0 Å². The number of hydrogen-bond acceptors (Lipinski definition) is 4. The number of aliphatic imine (C=N–C) groups is 2. The van der Waals surface area contributed by atoms with E-state index < -0.39 is 0 Å². The number of hydrogen-bond donors (Lipinski definition) is 1. The monoisotopic (exact) mass is 299 g/mol. The number of nitrogens with one attached hydrogen (secondary N) is 1. The molecule has 0 spiro atoms. The molecule has 0 aliphatic heterocycles. The van der Waals surface area contributed by atoms with Crippen molar-refractivity contribution in [1.82, 2.24) is 9.55 Å². The molecule has 1 N–H and O–H groups in total. The van der Waals surface area contributed by atoms with Gasteiger partial charge in [0.25, 0.3) is 0 Å². The minimum Gasteiger partial charge on any atom is -0.312 e. The van der Waals surface area contributed by atoms with Crippen molar-refractivity contribution in [3.05, 3.63) is 30.9 Å². The molecule has 0 radical (unpaired) electrons. The molecule has 0 saturated heterocycles. The molecule has 1 aromatic heterocycles. The van der Waals surface area contributed by atoms with Crippen molar-refractivity contribution < 1.29 is 0 Å². The molecule has 1 aromatic rings. The average molecular weight is 299 g/mol. The Bertz CT molecular complexity index is 619. The van der Waals surface area contributed by atoms with Gasteiger partial charge in [-0.1, -0.05) is 33.9 Å². The molecule has 1 atom stereocenters. The molecule has 0 aliphatic carbocycles. The smallest absolute Gasteiger partial charge is 0.160 e. The molecular weight excluding hydrogens is 274 g/mol. The Morgan fingerprint density at radius 3 is 2.55 bits per heavy atom. The van der Waals surface area contributed by atoms with Crippen LogP contribution in [0.2, 0.25) is 0 Å². The Kier molecular flexibility index (Phi) is 6.16. The zero-order chi connectivity index (χ0) is 16.9. The second kappa shape index (κ2) is 7.64. The van der Waals surface area contributed by atoms with Crippen molar-refractivity contribution in [2.45, 2.75) is 40.2 Å². The van der Waals surface area contributed by atoms with Gasteiger partial charge in [0.05, 0.1) is 12.0 Å². The second-order valence-electron chi connectivity index (χ2n) is 5.57. The van der Waals surface area contributed by atoms with Crippen LogP contribution < -0.4 is 0 Å². The maximum absolute atomic E-state index is 7.38. The van der Waals surface area contributed by atoms with Gasteiger partial charge in [-0.05, 0) is 26.0 Å². The first-order chi connectivity index (χ1) is 10.3. The molecule has 1 rings (SSSR count). The lowest BCUT2D eigenvalue weighted by Crippen LogP contribution is -2.13. The number of allylic oxidation sites excluding steroid dienone is 1. The van der Waals surface area contributed by atoms with Crippen LogP contribution in [0.4, 0.5) is 5.82 Å². The van der Waals surface area contributed by atoms with Crippen LogP contribution in [0.1, 0.15) is 45.9 Å². The van der Waals surface area contributed by atoms with E-state index in [2.05, 4.69) is 55.6 Å². The van der Waals surface area contributed by atoms with E-state index in [1.165, 1.54) is 6.21 Å². The third-order valence-corrected chi connectivity index (χ3v) is 3.51. The van der Waals surface area contributed by atoms with E-state index >= 15 is 0 Å². The van der Waals surface area contributed by atoms with Crippen LogP contribution in [0.15, 0.2) is 35.2 Å². The minimum atomic E-state index is 0.301. The van der Waals surface area contributed by atoms with Crippen LogP contribution in [0.25, 0.3) is 5.57 Å². The van der Waals surface area contributed by atoms with E-state index in [4.69, 9.17) is 5.41 Å². The number of rotatable bonds is 8. The molecule has 1 unspecified atom stereocenters. The van der Waals surface area contributed by atoms with Gasteiger partial charge in [-0.15, -0.1) is 0 Å². The van der Waals surface area contributed by atoms with Gasteiger partial charge < -0.3 is 9.98 Å². The number of imidazole rings is 1. The molecular formula is C17H25N5. The average Bonchev–Trinajstić information content (AvgIpc) is 2.87.